The van der Waals surface area contributed by atoms with Gasteiger partial charge in [0.15, 0.2) is 0 Å². The molecule has 1 aliphatic rings. The molecule has 1 saturated heterocycles. The lowest BCUT2D eigenvalue weighted by molar-refractivity contribution is 0.178. The van der Waals surface area contributed by atoms with Crippen molar-refractivity contribution >= 4 is 36.2 Å². The lowest BCUT2D eigenvalue weighted by Crippen LogP contribution is -2.44. The third kappa shape index (κ3) is 4.42. The van der Waals surface area contributed by atoms with E-state index in [1.807, 2.05) is 11.3 Å². The second kappa shape index (κ2) is 8.73. The normalized spacial score (nSPS) is 17.1. The molecule has 0 radical (unpaired) electrons. The van der Waals surface area contributed by atoms with E-state index >= 15 is 0 Å². The molecule has 0 amide bonds. The van der Waals surface area contributed by atoms with Gasteiger partial charge in [0, 0.05) is 35.9 Å². The molecule has 1 atom stereocenters. The van der Waals surface area contributed by atoms with Gasteiger partial charge in [0.25, 0.3) is 0 Å². The van der Waals surface area contributed by atoms with E-state index in [1.54, 1.807) is 0 Å². The molecule has 1 N–H and O–H groups in total. The van der Waals surface area contributed by atoms with Crippen LogP contribution in [0.25, 0.3) is 0 Å². The summed E-state index contributed by atoms with van der Waals surface area (Å²) in [6.07, 6.45) is 0.597. The molecular weight excluding hydrogens is 289 g/mol. The van der Waals surface area contributed by atoms with E-state index in [2.05, 4.69) is 35.3 Å². The number of thiophene rings is 1. The van der Waals surface area contributed by atoms with Crippen molar-refractivity contribution in [3.05, 3.63) is 21.9 Å². The lowest BCUT2D eigenvalue weighted by atomic mass is 10.1. The van der Waals surface area contributed by atoms with Crippen LogP contribution in [-0.2, 0) is 0 Å². The first-order valence-corrected chi connectivity index (χ1v) is 6.51. The van der Waals surface area contributed by atoms with Crippen LogP contribution < -0.4 is 5.32 Å². The summed E-state index contributed by atoms with van der Waals surface area (Å²) >= 11 is 1.82. The summed E-state index contributed by atoms with van der Waals surface area (Å²) in [7, 11) is 0. The number of piperazine rings is 1. The predicted octanol–water partition coefficient (Wildman–Crippen LogP) is 2.76. The Kier molecular flexibility index (Phi) is 8.58. The number of nitriles is 1. The molecular formula is C12H19Cl2N3S. The number of hydrogen-bond acceptors (Lipinski definition) is 4. The van der Waals surface area contributed by atoms with Crippen molar-refractivity contribution in [2.75, 3.05) is 26.2 Å². The summed E-state index contributed by atoms with van der Waals surface area (Å²) in [4.78, 5) is 5.08. The molecule has 1 aromatic heterocycles. The van der Waals surface area contributed by atoms with Crippen molar-refractivity contribution in [3.63, 3.8) is 0 Å². The third-order valence-corrected chi connectivity index (χ3v) is 4.07. The van der Waals surface area contributed by atoms with E-state index < -0.39 is 0 Å². The Bertz CT molecular complexity index is 383. The number of aryl methyl sites for hydroxylation is 1. The standard InChI is InChI=1S/C12H17N3S.2ClH/c1-10-2-3-12(16-10)11(4-5-13)15-8-6-14-7-9-15;;/h2-3,11,14H,4,6-9H2,1H3;2*1H/t11-;;/m0../s1. The first kappa shape index (κ1) is 17.7. The molecule has 0 saturated carbocycles. The number of rotatable bonds is 3. The van der Waals surface area contributed by atoms with Gasteiger partial charge < -0.3 is 5.32 Å². The summed E-state index contributed by atoms with van der Waals surface area (Å²) in [5.41, 5.74) is 0. The van der Waals surface area contributed by atoms with E-state index in [4.69, 9.17) is 5.26 Å². The van der Waals surface area contributed by atoms with E-state index in [-0.39, 0.29) is 24.8 Å². The summed E-state index contributed by atoms with van der Waals surface area (Å²) in [5.74, 6) is 0. The molecule has 1 aliphatic heterocycles. The summed E-state index contributed by atoms with van der Waals surface area (Å²) < 4.78 is 0. The number of hydrogen-bond donors (Lipinski definition) is 1. The molecule has 3 nitrogen and oxygen atoms in total. The van der Waals surface area contributed by atoms with Gasteiger partial charge in [-0.15, -0.1) is 36.2 Å². The lowest BCUT2D eigenvalue weighted by Gasteiger charge is -2.33. The summed E-state index contributed by atoms with van der Waals surface area (Å²) in [6.45, 7) is 6.28. The van der Waals surface area contributed by atoms with Gasteiger partial charge in [-0.3, -0.25) is 4.90 Å². The van der Waals surface area contributed by atoms with Crippen molar-refractivity contribution in [1.29, 1.82) is 5.26 Å². The Balaban J connectivity index is 0.00000144. The van der Waals surface area contributed by atoms with Crippen LogP contribution in [0.5, 0.6) is 0 Å². The van der Waals surface area contributed by atoms with Crippen LogP contribution in [-0.4, -0.2) is 31.1 Å². The van der Waals surface area contributed by atoms with Gasteiger partial charge in [0.1, 0.15) is 0 Å². The minimum atomic E-state index is 0. The van der Waals surface area contributed by atoms with Crippen molar-refractivity contribution in [2.24, 2.45) is 0 Å². The zero-order chi connectivity index (χ0) is 11.4. The van der Waals surface area contributed by atoms with E-state index in [9.17, 15) is 0 Å². The Labute approximate surface area is 125 Å². The second-order valence-electron chi connectivity index (χ2n) is 4.11. The monoisotopic (exact) mass is 307 g/mol. The highest BCUT2D eigenvalue weighted by atomic mass is 35.5. The highest BCUT2D eigenvalue weighted by Crippen LogP contribution is 2.30. The summed E-state index contributed by atoms with van der Waals surface area (Å²) in [6, 6.07) is 6.93. The average Bonchev–Trinajstić information content (AvgIpc) is 2.74. The van der Waals surface area contributed by atoms with E-state index in [0.29, 0.717) is 12.5 Å². The molecule has 2 heterocycles. The van der Waals surface area contributed by atoms with Gasteiger partial charge >= 0.3 is 0 Å². The van der Waals surface area contributed by atoms with Crippen molar-refractivity contribution in [1.82, 2.24) is 10.2 Å². The highest BCUT2D eigenvalue weighted by molar-refractivity contribution is 7.12. The maximum absolute atomic E-state index is 8.95. The summed E-state index contributed by atoms with van der Waals surface area (Å²) in [5, 5.41) is 12.3. The molecule has 0 aromatic carbocycles. The van der Waals surface area contributed by atoms with Crippen molar-refractivity contribution < 1.29 is 0 Å². The smallest absolute Gasteiger partial charge is 0.0642 e. The molecule has 0 bridgehead atoms. The maximum Gasteiger partial charge on any atom is 0.0642 e. The minimum Gasteiger partial charge on any atom is -0.314 e. The van der Waals surface area contributed by atoms with E-state index in [1.165, 1.54) is 9.75 Å². The van der Waals surface area contributed by atoms with Gasteiger partial charge in [-0.2, -0.15) is 5.26 Å². The first-order chi connectivity index (χ1) is 7.81. The molecule has 1 fully saturated rings. The molecule has 18 heavy (non-hydrogen) atoms. The zero-order valence-electron chi connectivity index (χ0n) is 10.4. The van der Waals surface area contributed by atoms with Gasteiger partial charge in [-0.25, -0.2) is 0 Å². The third-order valence-electron chi connectivity index (χ3n) is 2.97. The Morgan fingerprint density at radius 3 is 2.56 bits per heavy atom. The molecule has 102 valence electrons. The molecule has 0 unspecified atom stereocenters. The Hall–Kier alpha value is -0.310. The first-order valence-electron chi connectivity index (χ1n) is 5.69. The van der Waals surface area contributed by atoms with Crippen LogP contribution in [0.3, 0.4) is 0 Å². The number of nitrogens with one attached hydrogen (secondary N) is 1. The van der Waals surface area contributed by atoms with Crippen molar-refractivity contribution in [2.45, 2.75) is 19.4 Å². The molecule has 6 heteroatoms. The van der Waals surface area contributed by atoms with Crippen LogP contribution >= 0.6 is 36.2 Å². The van der Waals surface area contributed by atoms with E-state index in [0.717, 1.165) is 26.2 Å². The topological polar surface area (TPSA) is 39.1 Å². The fourth-order valence-corrected chi connectivity index (χ4v) is 3.13. The molecule has 1 aromatic rings. The Morgan fingerprint density at radius 2 is 2.06 bits per heavy atom. The Morgan fingerprint density at radius 1 is 1.39 bits per heavy atom. The molecule has 2 rings (SSSR count). The van der Waals surface area contributed by atoms with Crippen LogP contribution in [0.4, 0.5) is 0 Å². The fraction of sp³-hybridized carbons (Fsp3) is 0.583. The van der Waals surface area contributed by atoms with Gasteiger partial charge in [-0.1, -0.05) is 0 Å². The largest absolute Gasteiger partial charge is 0.314 e. The van der Waals surface area contributed by atoms with Crippen LogP contribution in [0, 0.1) is 18.3 Å². The van der Waals surface area contributed by atoms with Crippen molar-refractivity contribution in [3.8, 4) is 6.07 Å². The van der Waals surface area contributed by atoms with Gasteiger partial charge in [-0.05, 0) is 19.1 Å². The minimum absolute atomic E-state index is 0. The van der Waals surface area contributed by atoms with Crippen LogP contribution in [0.1, 0.15) is 22.2 Å². The SMILES string of the molecule is Cc1ccc([C@H](CC#N)N2CCNCC2)s1.Cl.Cl. The zero-order valence-corrected chi connectivity index (χ0v) is 12.8. The number of nitrogens with zero attached hydrogens (tertiary/aromatic N) is 2. The highest BCUT2D eigenvalue weighted by Gasteiger charge is 2.22. The average molecular weight is 308 g/mol. The molecule has 0 spiro atoms. The van der Waals surface area contributed by atoms with Gasteiger partial charge in [0.05, 0.1) is 18.5 Å². The molecule has 0 aliphatic carbocycles. The predicted molar refractivity (Wildman–Crippen MR) is 81.0 cm³/mol. The van der Waals surface area contributed by atoms with Crippen LogP contribution in [0.15, 0.2) is 12.1 Å². The second-order valence-corrected chi connectivity index (χ2v) is 5.43. The van der Waals surface area contributed by atoms with Gasteiger partial charge in [0.2, 0.25) is 0 Å². The van der Waals surface area contributed by atoms with Crippen LogP contribution in [0.2, 0.25) is 0 Å². The number of halogens is 2. The maximum atomic E-state index is 8.95. The fourth-order valence-electron chi connectivity index (χ4n) is 2.12. The quantitative estimate of drug-likeness (QED) is 0.933.